The normalized spacial score (nSPS) is 11.0. The molecule has 32 heavy (non-hydrogen) atoms. The summed E-state index contributed by atoms with van der Waals surface area (Å²) in [4.78, 5) is 30.7. The number of halogens is 1. The highest BCUT2D eigenvalue weighted by molar-refractivity contribution is 7.99. The number of nitrogens with zero attached hydrogens (tertiary/aromatic N) is 2. The van der Waals surface area contributed by atoms with Gasteiger partial charge in [-0.2, -0.15) is 0 Å². The monoisotopic (exact) mass is 463 g/mol. The number of hydrogen-bond acceptors (Lipinski definition) is 4. The third-order valence-corrected chi connectivity index (χ3v) is 6.52. The van der Waals surface area contributed by atoms with E-state index < -0.39 is 0 Å². The molecule has 0 saturated heterocycles. The third-order valence-electron chi connectivity index (χ3n) is 5.18. The lowest BCUT2D eigenvalue weighted by Gasteiger charge is -2.16. The second kappa shape index (κ2) is 9.59. The first kappa shape index (κ1) is 22.1. The molecule has 0 spiro atoms. The molecule has 0 atom stereocenters. The number of aromatic nitrogens is 2. The summed E-state index contributed by atoms with van der Waals surface area (Å²) >= 11 is 7.54. The number of rotatable bonds is 6. The van der Waals surface area contributed by atoms with E-state index in [1.54, 1.807) is 28.8 Å². The smallest absolute Gasteiger partial charge is 0.266 e. The molecule has 0 saturated carbocycles. The van der Waals surface area contributed by atoms with Crippen LogP contribution in [0.3, 0.4) is 0 Å². The number of aryl methyl sites for hydroxylation is 1. The summed E-state index contributed by atoms with van der Waals surface area (Å²) in [5.41, 5.74) is 3.73. The minimum Gasteiger partial charge on any atom is -0.325 e. The van der Waals surface area contributed by atoms with Gasteiger partial charge < -0.3 is 5.32 Å². The minimum absolute atomic E-state index is 0.112. The van der Waals surface area contributed by atoms with E-state index in [1.165, 1.54) is 11.8 Å². The molecule has 4 aromatic rings. The number of benzene rings is 3. The highest BCUT2D eigenvalue weighted by Crippen LogP contribution is 2.26. The number of anilines is 1. The third kappa shape index (κ3) is 4.56. The van der Waals surface area contributed by atoms with Gasteiger partial charge in [0.05, 0.1) is 22.3 Å². The number of para-hydroxylation sites is 1. The van der Waals surface area contributed by atoms with E-state index in [0.717, 1.165) is 23.2 Å². The van der Waals surface area contributed by atoms with Gasteiger partial charge in [-0.25, -0.2) is 4.98 Å². The number of amides is 1. The van der Waals surface area contributed by atoms with Crippen molar-refractivity contribution in [2.24, 2.45) is 0 Å². The Morgan fingerprint density at radius 1 is 1.09 bits per heavy atom. The van der Waals surface area contributed by atoms with Gasteiger partial charge in [0.25, 0.3) is 5.56 Å². The summed E-state index contributed by atoms with van der Waals surface area (Å²) < 4.78 is 1.54. The van der Waals surface area contributed by atoms with Crippen LogP contribution in [0.5, 0.6) is 0 Å². The minimum atomic E-state index is -0.195. The van der Waals surface area contributed by atoms with Crippen LogP contribution in [0.15, 0.2) is 76.7 Å². The fourth-order valence-electron chi connectivity index (χ4n) is 3.46. The number of carbonyl (C=O) groups excluding carboxylic acids is 1. The molecule has 4 rings (SSSR count). The average molecular weight is 464 g/mol. The largest absolute Gasteiger partial charge is 0.325 e. The van der Waals surface area contributed by atoms with Crippen molar-refractivity contribution < 1.29 is 4.79 Å². The van der Waals surface area contributed by atoms with Gasteiger partial charge in [0.1, 0.15) is 0 Å². The predicted molar refractivity (Wildman–Crippen MR) is 132 cm³/mol. The molecule has 0 aliphatic rings. The number of nitrogens with one attached hydrogen (secondary N) is 1. The van der Waals surface area contributed by atoms with Crippen LogP contribution in [0.4, 0.5) is 5.69 Å². The van der Waals surface area contributed by atoms with Crippen molar-refractivity contribution in [3.8, 4) is 5.69 Å². The van der Waals surface area contributed by atoms with E-state index in [4.69, 9.17) is 16.6 Å². The van der Waals surface area contributed by atoms with E-state index in [1.807, 2.05) is 49.4 Å². The van der Waals surface area contributed by atoms with Crippen molar-refractivity contribution in [1.82, 2.24) is 9.55 Å². The summed E-state index contributed by atoms with van der Waals surface area (Å²) in [6.45, 7) is 3.93. The van der Waals surface area contributed by atoms with Crippen LogP contribution in [-0.2, 0) is 11.2 Å². The molecule has 0 radical (unpaired) electrons. The van der Waals surface area contributed by atoms with Crippen LogP contribution in [0.1, 0.15) is 18.1 Å². The van der Waals surface area contributed by atoms with E-state index in [0.29, 0.717) is 26.8 Å². The molecule has 162 valence electrons. The van der Waals surface area contributed by atoms with Gasteiger partial charge in [-0.1, -0.05) is 60.6 Å². The first-order valence-electron chi connectivity index (χ1n) is 10.3. The van der Waals surface area contributed by atoms with Crippen LogP contribution in [-0.4, -0.2) is 21.2 Å². The van der Waals surface area contributed by atoms with Gasteiger partial charge in [-0.15, -0.1) is 0 Å². The lowest BCUT2D eigenvalue weighted by atomic mass is 10.1. The van der Waals surface area contributed by atoms with Gasteiger partial charge in [0.2, 0.25) is 5.91 Å². The van der Waals surface area contributed by atoms with Crippen LogP contribution in [0, 0.1) is 6.92 Å². The van der Waals surface area contributed by atoms with E-state index in [2.05, 4.69) is 12.2 Å². The molecular weight excluding hydrogens is 442 g/mol. The zero-order valence-corrected chi connectivity index (χ0v) is 19.3. The molecular formula is C25H22ClN3O2S. The maximum atomic E-state index is 13.4. The summed E-state index contributed by atoms with van der Waals surface area (Å²) in [6, 6.07) is 20.4. The van der Waals surface area contributed by atoms with E-state index in [9.17, 15) is 9.59 Å². The number of carbonyl (C=O) groups is 1. The lowest BCUT2D eigenvalue weighted by Crippen LogP contribution is -2.23. The topological polar surface area (TPSA) is 64.0 Å². The summed E-state index contributed by atoms with van der Waals surface area (Å²) in [7, 11) is 0. The molecule has 0 unspecified atom stereocenters. The summed E-state index contributed by atoms with van der Waals surface area (Å²) in [6.07, 6.45) is 0.894. The Morgan fingerprint density at radius 3 is 2.69 bits per heavy atom. The molecule has 5 nitrogen and oxygen atoms in total. The Balaban J connectivity index is 1.69. The first-order valence-corrected chi connectivity index (χ1v) is 11.6. The summed E-state index contributed by atoms with van der Waals surface area (Å²) in [5.74, 6) is -0.0548. The zero-order valence-electron chi connectivity index (χ0n) is 17.8. The van der Waals surface area contributed by atoms with E-state index >= 15 is 0 Å². The maximum absolute atomic E-state index is 13.4. The van der Waals surface area contributed by atoms with Crippen molar-refractivity contribution in [2.75, 3.05) is 11.1 Å². The first-order chi connectivity index (χ1) is 15.5. The predicted octanol–water partition coefficient (Wildman–Crippen LogP) is 5.64. The lowest BCUT2D eigenvalue weighted by molar-refractivity contribution is -0.113. The Labute approximate surface area is 195 Å². The van der Waals surface area contributed by atoms with Crippen molar-refractivity contribution in [3.63, 3.8) is 0 Å². The SMILES string of the molecule is CCc1cccc(NC(=O)CSc2nc3ccccc3c(=O)n2-c2cccc(Cl)c2C)c1. The number of hydrogen-bond donors (Lipinski definition) is 1. The molecule has 1 aromatic heterocycles. The Hall–Kier alpha value is -3.09. The van der Waals surface area contributed by atoms with Crippen molar-refractivity contribution in [3.05, 3.63) is 93.2 Å². The second-order valence-corrected chi connectivity index (χ2v) is 8.68. The van der Waals surface area contributed by atoms with Gasteiger partial charge in [-0.3, -0.25) is 14.2 Å². The number of thioether (sulfide) groups is 1. The fraction of sp³-hybridized carbons (Fsp3) is 0.160. The highest BCUT2D eigenvalue weighted by atomic mass is 35.5. The Bertz CT molecular complexity index is 1370. The van der Waals surface area contributed by atoms with Crippen LogP contribution >= 0.6 is 23.4 Å². The van der Waals surface area contributed by atoms with Crippen molar-refractivity contribution in [2.45, 2.75) is 25.4 Å². The zero-order chi connectivity index (χ0) is 22.7. The standard InChI is InChI=1S/C25H22ClN3O2S/c1-3-17-8-6-9-18(14-17)27-23(30)15-32-25-28-21-12-5-4-10-19(21)24(31)29(25)22-13-7-11-20(26)16(22)2/h4-14H,3,15H2,1-2H3,(H,27,30). The van der Waals surface area contributed by atoms with Crippen molar-refractivity contribution >= 4 is 45.9 Å². The Kier molecular flexibility index (Phi) is 6.63. The molecule has 0 aliphatic heterocycles. The van der Waals surface area contributed by atoms with Gasteiger partial charge >= 0.3 is 0 Å². The molecule has 1 heterocycles. The molecule has 1 amide bonds. The van der Waals surface area contributed by atoms with Crippen molar-refractivity contribution in [1.29, 1.82) is 0 Å². The molecule has 3 aromatic carbocycles. The quantitative estimate of drug-likeness (QED) is 0.297. The maximum Gasteiger partial charge on any atom is 0.266 e. The van der Waals surface area contributed by atoms with Gasteiger partial charge in [0, 0.05) is 10.7 Å². The molecule has 1 N–H and O–H groups in total. The summed E-state index contributed by atoms with van der Waals surface area (Å²) in [5, 5.41) is 4.44. The molecule has 0 fully saturated rings. The van der Waals surface area contributed by atoms with Crippen LogP contribution < -0.4 is 10.9 Å². The van der Waals surface area contributed by atoms with Crippen LogP contribution in [0.2, 0.25) is 5.02 Å². The highest BCUT2D eigenvalue weighted by Gasteiger charge is 2.17. The molecule has 0 aliphatic carbocycles. The van der Waals surface area contributed by atoms with Gasteiger partial charge in [-0.05, 0) is 60.9 Å². The van der Waals surface area contributed by atoms with Gasteiger partial charge in [0.15, 0.2) is 5.16 Å². The average Bonchev–Trinajstić information content (AvgIpc) is 2.80. The Morgan fingerprint density at radius 2 is 1.88 bits per heavy atom. The molecule has 0 bridgehead atoms. The number of fused-ring (bicyclic) bond motifs is 1. The molecule has 7 heteroatoms. The fourth-order valence-corrected chi connectivity index (χ4v) is 4.43. The second-order valence-electron chi connectivity index (χ2n) is 7.33. The van der Waals surface area contributed by atoms with Crippen LogP contribution in [0.25, 0.3) is 16.6 Å². The van der Waals surface area contributed by atoms with E-state index in [-0.39, 0.29) is 17.2 Å².